The van der Waals surface area contributed by atoms with Crippen LogP contribution in [0, 0.1) is 6.92 Å². The maximum absolute atomic E-state index is 12.3. The Hall–Kier alpha value is -3.68. The normalized spacial score (nSPS) is 12.0. The molecular formula is C19H15N3O5. The lowest BCUT2D eigenvalue weighted by molar-refractivity contribution is 0.0467. The van der Waals surface area contributed by atoms with Gasteiger partial charge in [-0.15, -0.1) is 5.10 Å². The lowest BCUT2D eigenvalue weighted by Crippen LogP contribution is -2.15. The van der Waals surface area contributed by atoms with Crippen LogP contribution in [0.25, 0.3) is 5.69 Å². The van der Waals surface area contributed by atoms with Crippen molar-refractivity contribution < 1.29 is 23.8 Å². The van der Waals surface area contributed by atoms with Crippen LogP contribution in [-0.4, -0.2) is 40.1 Å². The van der Waals surface area contributed by atoms with Gasteiger partial charge >= 0.3 is 5.97 Å². The molecule has 0 atom stereocenters. The van der Waals surface area contributed by atoms with Gasteiger partial charge in [0, 0.05) is 5.56 Å². The van der Waals surface area contributed by atoms with Crippen molar-refractivity contribution in [3.05, 3.63) is 65.5 Å². The zero-order valence-corrected chi connectivity index (χ0v) is 14.4. The van der Waals surface area contributed by atoms with Gasteiger partial charge in [0.2, 0.25) is 6.79 Å². The SMILES string of the molecule is Cc1nn(-c2ccccc2)nc1C(=O)OCC(=O)c1ccc2c(c1)OCO2. The van der Waals surface area contributed by atoms with Crippen LogP contribution in [0.4, 0.5) is 0 Å². The average molecular weight is 365 g/mol. The van der Waals surface area contributed by atoms with E-state index in [0.29, 0.717) is 22.8 Å². The summed E-state index contributed by atoms with van der Waals surface area (Å²) in [4.78, 5) is 25.9. The first-order chi connectivity index (χ1) is 13.1. The molecule has 0 saturated heterocycles. The first kappa shape index (κ1) is 16.8. The van der Waals surface area contributed by atoms with Gasteiger partial charge in [-0.2, -0.15) is 9.90 Å². The van der Waals surface area contributed by atoms with Crippen molar-refractivity contribution >= 4 is 11.8 Å². The third-order valence-corrected chi connectivity index (χ3v) is 3.99. The molecule has 2 aromatic carbocycles. The minimum atomic E-state index is -0.705. The van der Waals surface area contributed by atoms with Crippen LogP contribution in [0.2, 0.25) is 0 Å². The van der Waals surface area contributed by atoms with Crippen molar-refractivity contribution in [2.24, 2.45) is 0 Å². The van der Waals surface area contributed by atoms with Crippen LogP contribution in [-0.2, 0) is 4.74 Å². The zero-order chi connectivity index (χ0) is 18.8. The number of Topliss-reactive ketones (excluding diaryl/α,β-unsaturated/α-hetero) is 1. The average Bonchev–Trinajstić information content (AvgIpc) is 3.32. The highest BCUT2D eigenvalue weighted by Gasteiger charge is 2.21. The minimum absolute atomic E-state index is 0.0670. The van der Waals surface area contributed by atoms with Gasteiger partial charge < -0.3 is 14.2 Å². The highest BCUT2D eigenvalue weighted by Crippen LogP contribution is 2.32. The predicted molar refractivity (Wildman–Crippen MR) is 93.3 cm³/mol. The van der Waals surface area contributed by atoms with Gasteiger partial charge in [0.05, 0.1) is 11.4 Å². The summed E-state index contributed by atoms with van der Waals surface area (Å²) in [5.41, 5.74) is 1.57. The van der Waals surface area contributed by atoms with Crippen molar-refractivity contribution in [1.82, 2.24) is 15.0 Å². The fourth-order valence-electron chi connectivity index (χ4n) is 2.60. The van der Waals surface area contributed by atoms with E-state index >= 15 is 0 Å². The number of fused-ring (bicyclic) bond motifs is 1. The van der Waals surface area contributed by atoms with E-state index in [1.807, 2.05) is 30.3 Å². The van der Waals surface area contributed by atoms with E-state index in [9.17, 15) is 9.59 Å². The molecule has 8 nitrogen and oxygen atoms in total. The number of esters is 1. The van der Waals surface area contributed by atoms with Crippen LogP contribution < -0.4 is 9.47 Å². The van der Waals surface area contributed by atoms with Crippen LogP contribution in [0.15, 0.2) is 48.5 Å². The summed E-state index contributed by atoms with van der Waals surface area (Å²) < 4.78 is 15.6. The summed E-state index contributed by atoms with van der Waals surface area (Å²) in [6, 6.07) is 14.0. The van der Waals surface area contributed by atoms with Crippen molar-refractivity contribution in [1.29, 1.82) is 0 Å². The van der Waals surface area contributed by atoms with Gasteiger partial charge in [0.1, 0.15) is 0 Å². The van der Waals surface area contributed by atoms with Gasteiger partial charge in [-0.3, -0.25) is 4.79 Å². The molecule has 0 amide bonds. The van der Waals surface area contributed by atoms with Crippen LogP contribution >= 0.6 is 0 Å². The number of ketones is 1. The number of aromatic nitrogens is 3. The second kappa shape index (κ2) is 6.91. The molecule has 2 heterocycles. The summed E-state index contributed by atoms with van der Waals surface area (Å²) in [5, 5.41) is 8.38. The summed E-state index contributed by atoms with van der Waals surface area (Å²) in [6.07, 6.45) is 0. The standard InChI is InChI=1S/C19H15N3O5/c1-12-18(21-22(20-12)14-5-3-2-4-6-14)19(24)25-10-15(23)13-7-8-16-17(9-13)27-11-26-16/h2-9H,10-11H2,1H3. The summed E-state index contributed by atoms with van der Waals surface area (Å²) in [7, 11) is 0. The Bertz CT molecular complexity index is 1010. The molecule has 0 fully saturated rings. The van der Waals surface area contributed by atoms with Gasteiger partial charge in [-0.05, 0) is 37.3 Å². The Morgan fingerprint density at radius 1 is 1.07 bits per heavy atom. The summed E-state index contributed by atoms with van der Waals surface area (Å²) in [6.45, 7) is 1.37. The third kappa shape index (κ3) is 3.37. The van der Waals surface area contributed by atoms with Gasteiger partial charge in [0.15, 0.2) is 29.6 Å². The first-order valence-electron chi connectivity index (χ1n) is 8.21. The molecule has 0 saturated carbocycles. The lowest BCUT2D eigenvalue weighted by atomic mass is 10.1. The molecule has 0 aliphatic carbocycles. The van der Waals surface area contributed by atoms with E-state index in [1.165, 1.54) is 4.80 Å². The minimum Gasteiger partial charge on any atom is -0.454 e. The Morgan fingerprint density at radius 3 is 2.67 bits per heavy atom. The van der Waals surface area contributed by atoms with Crippen LogP contribution in [0.3, 0.4) is 0 Å². The molecule has 27 heavy (non-hydrogen) atoms. The van der Waals surface area contributed by atoms with E-state index in [4.69, 9.17) is 14.2 Å². The molecule has 0 bridgehead atoms. The summed E-state index contributed by atoms with van der Waals surface area (Å²) in [5.74, 6) is 0.0176. The van der Waals surface area contributed by atoms with Gasteiger partial charge in [0.25, 0.3) is 0 Å². The van der Waals surface area contributed by atoms with E-state index in [1.54, 1.807) is 25.1 Å². The fraction of sp³-hybridized carbons (Fsp3) is 0.158. The maximum atomic E-state index is 12.3. The molecule has 0 N–H and O–H groups in total. The molecule has 1 aliphatic heterocycles. The largest absolute Gasteiger partial charge is 0.454 e. The Morgan fingerprint density at radius 2 is 1.85 bits per heavy atom. The number of aryl methyl sites for hydroxylation is 1. The monoisotopic (exact) mass is 365 g/mol. The molecule has 4 rings (SSSR count). The Kier molecular flexibility index (Phi) is 4.29. The molecule has 3 aromatic rings. The number of nitrogens with zero attached hydrogens (tertiary/aromatic N) is 3. The van der Waals surface area contributed by atoms with Crippen molar-refractivity contribution in [3.63, 3.8) is 0 Å². The molecule has 0 radical (unpaired) electrons. The molecule has 0 spiro atoms. The Balaban J connectivity index is 1.44. The van der Waals surface area contributed by atoms with Crippen molar-refractivity contribution in [2.75, 3.05) is 13.4 Å². The number of hydrogen-bond acceptors (Lipinski definition) is 7. The highest BCUT2D eigenvalue weighted by atomic mass is 16.7. The number of hydrogen-bond donors (Lipinski definition) is 0. The van der Waals surface area contributed by atoms with Crippen LogP contribution in [0.1, 0.15) is 26.5 Å². The summed E-state index contributed by atoms with van der Waals surface area (Å²) >= 11 is 0. The third-order valence-electron chi connectivity index (χ3n) is 3.99. The molecule has 0 unspecified atom stereocenters. The molecule has 8 heteroatoms. The number of carbonyl (C=O) groups is 2. The molecule has 136 valence electrons. The molecular weight excluding hydrogens is 350 g/mol. The topological polar surface area (TPSA) is 92.5 Å². The van der Waals surface area contributed by atoms with E-state index < -0.39 is 12.6 Å². The molecule has 1 aliphatic rings. The zero-order valence-electron chi connectivity index (χ0n) is 14.4. The lowest BCUT2D eigenvalue weighted by Gasteiger charge is -2.04. The highest BCUT2D eigenvalue weighted by molar-refractivity contribution is 5.99. The van der Waals surface area contributed by atoms with Gasteiger partial charge in [-0.25, -0.2) is 4.79 Å². The van der Waals surface area contributed by atoms with E-state index in [0.717, 1.165) is 5.69 Å². The van der Waals surface area contributed by atoms with Crippen molar-refractivity contribution in [2.45, 2.75) is 6.92 Å². The van der Waals surface area contributed by atoms with Gasteiger partial charge in [-0.1, -0.05) is 18.2 Å². The molecule has 1 aromatic heterocycles. The number of rotatable bonds is 5. The Labute approximate surface area is 154 Å². The van der Waals surface area contributed by atoms with Crippen molar-refractivity contribution in [3.8, 4) is 17.2 Å². The number of carbonyl (C=O) groups excluding carboxylic acids is 2. The first-order valence-corrected chi connectivity index (χ1v) is 8.21. The van der Waals surface area contributed by atoms with Crippen LogP contribution in [0.5, 0.6) is 11.5 Å². The second-order valence-corrected chi connectivity index (χ2v) is 5.83. The second-order valence-electron chi connectivity index (χ2n) is 5.83. The number of ether oxygens (including phenoxy) is 3. The van der Waals surface area contributed by atoms with E-state index in [-0.39, 0.29) is 18.3 Å². The van der Waals surface area contributed by atoms with E-state index in [2.05, 4.69) is 10.2 Å². The number of para-hydroxylation sites is 1. The number of benzene rings is 2. The fourth-order valence-corrected chi connectivity index (χ4v) is 2.60. The maximum Gasteiger partial charge on any atom is 0.361 e. The quantitative estimate of drug-likeness (QED) is 0.506. The predicted octanol–water partition coefficient (Wildman–Crippen LogP) is 2.34. The smallest absolute Gasteiger partial charge is 0.361 e.